The van der Waals surface area contributed by atoms with Gasteiger partial charge in [-0.05, 0) is 70.8 Å². The molecule has 0 N–H and O–H groups in total. The predicted octanol–water partition coefficient (Wildman–Crippen LogP) is 11.2. The van der Waals surface area contributed by atoms with Crippen molar-refractivity contribution < 1.29 is 0 Å². The van der Waals surface area contributed by atoms with Crippen LogP contribution in [0.1, 0.15) is 0 Å². The van der Waals surface area contributed by atoms with Gasteiger partial charge in [-0.1, -0.05) is 115 Å². The number of fused-ring (bicyclic) bond motifs is 7. The van der Waals surface area contributed by atoms with E-state index < -0.39 is 0 Å². The summed E-state index contributed by atoms with van der Waals surface area (Å²) < 4.78 is 4.67. The van der Waals surface area contributed by atoms with E-state index in [4.69, 9.17) is 9.97 Å². The van der Waals surface area contributed by atoms with E-state index in [0.29, 0.717) is 0 Å². The van der Waals surface area contributed by atoms with Crippen LogP contribution >= 0.6 is 0 Å². The molecule has 4 nitrogen and oxygen atoms in total. The Bertz CT molecular complexity index is 2820. The van der Waals surface area contributed by atoms with Crippen molar-refractivity contribution in [2.24, 2.45) is 0 Å². The van der Waals surface area contributed by atoms with Gasteiger partial charge in [-0.2, -0.15) is 0 Å². The third kappa shape index (κ3) is 4.10. The maximum absolute atomic E-state index is 5.07. The van der Waals surface area contributed by atoms with Crippen molar-refractivity contribution in [2.45, 2.75) is 0 Å². The Kier molecular flexibility index (Phi) is 5.84. The van der Waals surface area contributed by atoms with E-state index in [9.17, 15) is 0 Å². The molecule has 0 aliphatic carbocycles. The highest BCUT2D eigenvalue weighted by Crippen LogP contribution is 2.40. The van der Waals surface area contributed by atoms with Gasteiger partial charge >= 0.3 is 0 Å². The van der Waals surface area contributed by atoms with Crippen molar-refractivity contribution in [1.82, 2.24) is 19.1 Å². The third-order valence-corrected chi connectivity index (χ3v) is 9.56. The SMILES string of the molecule is c1ccc(-c2ccc(-c3cccc(-n4c5ccccc5c5cc6c(cc54)c4ccccc4n6-c4cnc5ccccc5n4)c3)cc2)cc1. The van der Waals surface area contributed by atoms with Gasteiger partial charge in [0.15, 0.2) is 5.82 Å². The molecule has 0 spiro atoms. The average Bonchev–Trinajstić information content (AvgIpc) is 3.66. The van der Waals surface area contributed by atoms with Crippen molar-refractivity contribution in [3.8, 4) is 33.8 Å². The van der Waals surface area contributed by atoms with Crippen molar-refractivity contribution in [1.29, 1.82) is 0 Å². The fourth-order valence-corrected chi connectivity index (χ4v) is 7.32. The normalized spacial score (nSPS) is 11.8. The second-order valence-electron chi connectivity index (χ2n) is 12.3. The summed E-state index contributed by atoms with van der Waals surface area (Å²) in [6, 6.07) is 58.4. The van der Waals surface area contributed by atoms with E-state index in [2.05, 4.69) is 149 Å². The molecule has 0 fully saturated rings. The topological polar surface area (TPSA) is 35.6 Å². The van der Waals surface area contributed by atoms with Gasteiger partial charge in [0.05, 0.1) is 39.3 Å². The van der Waals surface area contributed by atoms with Crippen LogP contribution in [0.25, 0.3) is 88.4 Å². The molecule has 0 saturated heterocycles. The molecule has 48 heavy (non-hydrogen) atoms. The highest BCUT2D eigenvalue weighted by atomic mass is 15.1. The standard InChI is InChI=1S/C44H28N4/c1-2-11-29(12-3-1)30-21-23-31(24-22-30)32-13-10-14-33(25-32)47-40-19-8-4-15-34(40)36-27-43-37(26-42(36)47)35-16-5-9-20-41(35)48(43)44-28-45-38-17-6-7-18-39(38)46-44/h1-28H. The van der Waals surface area contributed by atoms with Crippen LogP contribution in [0, 0.1) is 0 Å². The summed E-state index contributed by atoms with van der Waals surface area (Å²) in [6.07, 6.45) is 1.89. The molecule has 0 aliphatic heterocycles. The molecule has 0 atom stereocenters. The van der Waals surface area contributed by atoms with Crippen molar-refractivity contribution >= 4 is 54.6 Å². The third-order valence-electron chi connectivity index (χ3n) is 9.56. The van der Waals surface area contributed by atoms with Crippen molar-refractivity contribution in [2.75, 3.05) is 0 Å². The summed E-state index contributed by atoms with van der Waals surface area (Å²) in [4.78, 5) is 9.84. The molecule has 0 unspecified atom stereocenters. The van der Waals surface area contributed by atoms with Crippen LogP contribution in [0.4, 0.5) is 0 Å². The smallest absolute Gasteiger partial charge is 0.156 e. The summed E-state index contributed by atoms with van der Waals surface area (Å²) in [5, 5.41) is 4.79. The van der Waals surface area contributed by atoms with Crippen LogP contribution in [0.5, 0.6) is 0 Å². The summed E-state index contributed by atoms with van der Waals surface area (Å²) in [5.74, 6) is 0.814. The van der Waals surface area contributed by atoms with Gasteiger partial charge < -0.3 is 4.57 Å². The summed E-state index contributed by atoms with van der Waals surface area (Å²) in [6.45, 7) is 0. The second-order valence-corrected chi connectivity index (χ2v) is 12.3. The lowest BCUT2D eigenvalue weighted by atomic mass is 10.00. The molecule has 4 heteroatoms. The van der Waals surface area contributed by atoms with Crippen LogP contribution < -0.4 is 0 Å². The number of nitrogens with zero attached hydrogens (tertiary/aromatic N) is 4. The van der Waals surface area contributed by atoms with Gasteiger partial charge in [0.1, 0.15) is 0 Å². The van der Waals surface area contributed by atoms with E-state index in [1.807, 2.05) is 30.5 Å². The maximum Gasteiger partial charge on any atom is 0.156 e. The van der Waals surface area contributed by atoms with Crippen LogP contribution in [0.2, 0.25) is 0 Å². The van der Waals surface area contributed by atoms with Crippen molar-refractivity contribution in [3.05, 3.63) is 170 Å². The average molecular weight is 613 g/mol. The van der Waals surface area contributed by atoms with Gasteiger partial charge in [-0.25, -0.2) is 4.98 Å². The van der Waals surface area contributed by atoms with E-state index in [1.165, 1.54) is 54.8 Å². The van der Waals surface area contributed by atoms with Crippen LogP contribution in [0.15, 0.2) is 170 Å². The number of para-hydroxylation sites is 4. The van der Waals surface area contributed by atoms with Crippen LogP contribution in [-0.2, 0) is 0 Å². The first-order valence-electron chi connectivity index (χ1n) is 16.2. The van der Waals surface area contributed by atoms with E-state index in [-0.39, 0.29) is 0 Å². The Hall–Kier alpha value is -6.52. The van der Waals surface area contributed by atoms with E-state index in [1.54, 1.807) is 0 Å². The molecular weight excluding hydrogens is 585 g/mol. The molecule has 0 amide bonds. The first-order chi connectivity index (χ1) is 23.8. The zero-order chi connectivity index (χ0) is 31.6. The summed E-state index contributed by atoms with van der Waals surface area (Å²) in [5.41, 5.74) is 12.3. The molecular formula is C44H28N4. The lowest BCUT2D eigenvalue weighted by Crippen LogP contribution is -1.99. The minimum atomic E-state index is 0.814. The van der Waals surface area contributed by atoms with Gasteiger partial charge in [-0.15, -0.1) is 0 Å². The first kappa shape index (κ1) is 26.7. The number of benzene rings is 7. The van der Waals surface area contributed by atoms with Crippen molar-refractivity contribution in [3.63, 3.8) is 0 Å². The molecule has 3 heterocycles. The zero-order valence-electron chi connectivity index (χ0n) is 26.0. The largest absolute Gasteiger partial charge is 0.309 e. The van der Waals surface area contributed by atoms with Gasteiger partial charge in [0, 0.05) is 27.2 Å². The number of rotatable bonds is 4. The Morgan fingerprint density at radius 3 is 1.62 bits per heavy atom. The van der Waals surface area contributed by atoms with Crippen LogP contribution in [-0.4, -0.2) is 19.1 Å². The summed E-state index contributed by atoms with van der Waals surface area (Å²) in [7, 11) is 0. The Morgan fingerprint density at radius 2 is 0.896 bits per heavy atom. The lowest BCUT2D eigenvalue weighted by Gasteiger charge is -2.11. The minimum absolute atomic E-state index is 0.814. The summed E-state index contributed by atoms with van der Waals surface area (Å²) >= 11 is 0. The predicted molar refractivity (Wildman–Crippen MR) is 199 cm³/mol. The highest BCUT2D eigenvalue weighted by molar-refractivity contribution is 6.19. The van der Waals surface area contributed by atoms with Crippen LogP contribution in [0.3, 0.4) is 0 Å². The first-order valence-corrected chi connectivity index (χ1v) is 16.2. The molecule has 10 rings (SSSR count). The fourth-order valence-electron chi connectivity index (χ4n) is 7.32. The maximum atomic E-state index is 5.07. The highest BCUT2D eigenvalue weighted by Gasteiger charge is 2.19. The zero-order valence-corrected chi connectivity index (χ0v) is 26.0. The molecule has 224 valence electrons. The Morgan fingerprint density at radius 1 is 0.354 bits per heavy atom. The van der Waals surface area contributed by atoms with Gasteiger partial charge in [0.2, 0.25) is 0 Å². The second kappa shape index (κ2) is 10.5. The molecule has 0 aliphatic rings. The Balaban J connectivity index is 1.19. The van der Waals surface area contributed by atoms with E-state index >= 15 is 0 Å². The monoisotopic (exact) mass is 612 g/mol. The van der Waals surface area contributed by atoms with Gasteiger partial charge in [0.25, 0.3) is 0 Å². The molecule has 0 bridgehead atoms. The molecule has 0 radical (unpaired) electrons. The fraction of sp³-hybridized carbons (Fsp3) is 0. The number of hydrogen-bond acceptors (Lipinski definition) is 2. The lowest BCUT2D eigenvalue weighted by molar-refractivity contribution is 1.08. The van der Waals surface area contributed by atoms with Gasteiger partial charge in [-0.3, -0.25) is 9.55 Å². The molecule has 10 aromatic rings. The quantitative estimate of drug-likeness (QED) is 0.198. The Labute approximate surface area is 276 Å². The minimum Gasteiger partial charge on any atom is -0.309 e. The van der Waals surface area contributed by atoms with E-state index in [0.717, 1.165) is 33.6 Å². The number of hydrogen-bond donors (Lipinski definition) is 0. The molecule has 0 saturated carbocycles. The molecule has 3 aromatic heterocycles. The number of aromatic nitrogens is 4. The molecule has 7 aromatic carbocycles.